The molecule has 0 spiro atoms. The van der Waals surface area contributed by atoms with Crippen LogP contribution in [0.2, 0.25) is 0 Å². The van der Waals surface area contributed by atoms with Crippen LogP contribution < -0.4 is 0 Å². The highest BCUT2D eigenvalue weighted by Gasteiger charge is 2.22. The number of piperidine rings is 1. The summed E-state index contributed by atoms with van der Waals surface area (Å²) in [5.41, 5.74) is 1.11. The van der Waals surface area contributed by atoms with Crippen molar-refractivity contribution in [3.8, 4) is 0 Å². The number of aromatic nitrogens is 2. The molecule has 0 atom stereocenters. The van der Waals surface area contributed by atoms with Gasteiger partial charge in [-0.25, -0.2) is 9.37 Å². The fraction of sp³-hybridized carbons (Fsp3) is 0.438. The molecule has 1 aliphatic rings. The summed E-state index contributed by atoms with van der Waals surface area (Å²) in [6.07, 6.45) is 6.22. The maximum absolute atomic E-state index is 12.9. The molecule has 2 heterocycles. The Labute approximate surface area is 119 Å². The van der Waals surface area contributed by atoms with Gasteiger partial charge in [0.2, 0.25) is 0 Å². The van der Waals surface area contributed by atoms with Gasteiger partial charge in [-0.15, -0.1) is 0 Å². The smallest absolute Gasteiger partial charge is 0.123 e. The number of nitrogens with zero attached hydrogens (tertiary/aromatic N) is 3. The first kappa shape index (κ1) is 13.3. The monoisotopic (exact) mass is 273 g/mol. The molecular formula is C16H20FN3. The number of hydrogen-bond donors (Lipinski definition) is 0. The van der Waals surface area contributed by atoms with Crippen LogP contribution in [0, 0.1) is 5.82 Å². The number of imidazole rings is 1. The van der Waals surface area contributed by atoms with E-state index in [1.54, 1.807) is 0 Å². The zero-order chi connectivity index (χ0) is 13.9. The van der Waals surface area contributed by atoms with E-state index in [0.29, 0.717) is 5.92 Å². The van der Waals surface area contributed by atoms with E-state index in [1.807, 2.05) is 24.5 Å². The number of hydrogen-bond acceptors (Lipinski definition) is 2. The second-order valence-corrected chi connectivity index (χ2v) is 5.62. The third-order valence-corrected chi connectivity index (χ3v) is 4.10. The number of rotatable bonds is 3. The Morgan fingerprint density at radius 3 is 2.60 bits per heavy atom. The largest absolute Gasteiger partial charge is 0.330 e. The lowest BCUT2D eigenvalue weighted by Gasteiger charge is -2.28. The fourth-order valence-electron chi connectivity index (χ4n) is 2.87. The summed E-state index contributed by atoms with van der Waals surface area (Å²) in [7, 11) is 2.17. The van der Waals surface area contributed by atoms with Gasteiger partial charge in [0.05, 0.1) is 0 Å². The lowest BCUT2D eigenvalue weighted by Crippen LogP contribution is -2.30. The van der Waals surface area contributed by atoms with E-state index in [9.17, 15) is 4.39 Å². The molecule has 3 rings (SSSR count). The summed E-state index contributed by atoms with van der Waals surface area (Å²) in [6.45, 7) is 3.03. The predicted molar refractivity (Wildman–Crippen MR) is 77.2 cm³/mol. The van der Waals surface area contributed by atoms with E-state index in [4.69, 9.17) is 0 Å². The molecule has 0 N–H and O–H groups in total. The van der Waals surface area contributed by atoms with Gasteiger partial charge in [-0.3, -0.25) is 0 Å². The Kier molecular flexibility index (Phi) is 3.83. The minimum absolute atomic E-state index is 0.185. The van der Waals surface area contributed by atoms with Crippen LogP contribution in [0.4, 0.5) is 4.39 Å². The zero-order valence-electron chi connectivity index (χ0n) is 11.8. The molecule has 0 radical (unpaired) electrons. The van der Waals surface area contributed by atoms with Crippen LogP contribution >= 0.6 is 0 Å². The van der Waals surface area contributed by atoms with Gasteiger partial charge in [-0.05, 0) is 50.7 Å². The maximum atomic E-state index is 12.9. The summed E-state index contributed by atoms with van der Waals surface area (Å²) in [5, 5.41) is 0. The van der Waals surface area contributed by atoms with E-state index < -0.39 is 0 Å². The van der Waals surface area contributed by atoms with Gasteiger partial charge >= 0.3 is 0 Å². The third-order valence-electron chi connectivity index (χ3n) is 4.10. The Hall–Kier alpha value is -1.68. The number of benzene rings is 1. The minimum atomic E-state index is -0.185. The van der Waals surface area contributed by atoms with Gasteiger partial charge in [-0.1, -0.05) is 12.1 Å². The Bertz CT molecular complexity index is 553. The highest BCUT2D eigenvalue weighted by atomic mass is 19.1. The summed E-state index contributed by atoms with van der Waals surface area (Å²) in [6, 6.07) is 6.71. The molecule has 1 aromatic heterocycles. The van der Waals surface area contributed by atoms with E-state index >= 15 is 0 Å². The molecule has 0 amide bonds. The third kappa shape index (κ3) is 2.90. The second-order valence-electron chi connectivity index (χ2n) is 5.62. The van der Waals surface area contributed by atoms with E-state index in [-0.39, 0.29) is 5.82 Å². The predicted octanol–water partition coefficient (Wildman–Crippen LogP) is 2.88. The molecule has 0 aliphatic carbocycles. The Morgan fingerprint density at radius 1 is 1.20 bits per heavy atom. The molecule has 20 heavy (non-hydrogen) atoms. The molecule has 1 fully saturated rings. The SMILES string of the molecule is CN1CCC(c2nccn2Cc2ccc(F)cc2)CC1. The summed E-state index contributed by atoms with van der Waals surface area (Å²) in [5.74, 6) is 1.53. The average Bonchev–Trinajstić information content (AvgIpc) is 2.90. The lowest BCUT2D eigenvalue weighted by atomic mass is 9.96. The van der Waals surface area contributed by atoms with Crippen molar-refractivity contribution in [1.29, 1.82) is 0 Å². The molecule has 0 unspecified atom stereocenters. The van der Waals surface area contributed by atoms with Gasteiger partial charge in [0.25, 0.3) is 0 Å². The molecular weight excluding hydrogens is 253 g/mol. The first-order chi connectivity index (χ1) is 9.72. The molecule has 4 heteroatoms. The van der Waals surface area contributed by atoms with Crippen LogP contribution in [0.25, 0.3) is 0 Å². The van der Waals surface area contributed by atoms with Crippen LogP contribution in [0.15, 0.2) is 36.7 Å². The van der Waals surface area contributed by atoms with Crippen LogP contribution in [-0.4, -0.2) is 34.6 Å². The molecule has 2 aromatic rings. The van der Waals surface area contributed by atoms with Crippen molar-refractivity contribution < 1.29 is 4.39 Å². The minimum Gasteiger partial charge on any atom is -0.330 e. The normalized spacial score (nSPS) is 17.5. The lowest BCUT2D eigenvalue weighted by molar-refractivity contribution is 0.249. The topological polar surface area (TPSA) is 21.1 Å². The van der Waals surface area contributed by atoms with E-state index in [1.165, 1.54) is 18.0 Å². The van der Waals surface area contributed by atoms with Crippen molar-refractivity contribution in [2.45, 2.75) is 25.3 Å². The molecule has 1 saturated heterocycles. The van der Waals surface area contributed by atoms with Crippen molar-refractivity contribution in [3.05, 3.63) is 53.9 Å². The van der Waals surface area contributed by atoms with Gasteiger partial charge in [0.1, 0.15) is 11.6 Å². The zero-order valence-corrected chi connectivity index (χ0v) is 11.8. The summed E-state index contributed by atoms with van der Waals surface area (Å²) >= 11 is 0. The van der Waals surface area contributed by atoms with Crippen LogP contribution in [-0.2, 0) is 6.54 Å². The maximum Gasteiger partial charge on any atom is 0.123 e. The Balaban J connectivity index is 1.74. The highest BCUT2D eigenvalue weighted by molar-refractivity contribution is 5.17. The first-order valence-corrected chi connectivity index (χ1v) is 7.16. The van der Waals surface area contributed by atoms with Gasteiger partial charge < -0.3 is 9.47 Å². The van der Waals surface area contributed by atoms with Crippen molar-refractivity contribution in [3.63, 3.8) is 0 Å². The van der Waals surface area contributed by atoms with Gasteiger partial charge in [0.15, 0.2) is 0 Å². The molecule has 1 aromatic carbocycles. The standard InChI is InChI=1S/C16H20FN3/c1-19-9-6-14(7-10-19)16-18-8-11-20(16)12-13-2-4-15(17)5-3-13/h2-5,8,11,14H,6-7,9-10,12H2,1H3. The summed E-state index contributed by atoms with van der Waals surface area (Å²) in [4.78, 5) is 6.91. The van der Waals surface area contributed by atoms with Crippen LogP contribution in [0.3, 0.4) is 0 Å². The summed E-state index contributed by atoms with van der Waals surface area (Å²) < 4.78 is 15.1. The molecule has 0 saturated carbocycles. The van der Waals surface area contributed by atoms with Crippen molar-refractivity contribution in [2.75, 3.05) is 20.1 Å². The second kappa shape index (κ2) is 5.75. The number of halogens is 1. The number of likely N-dealkylation sites (tertiary alicyclic amines) is 1. The molecule has 1 aliphatic heterocycles. The van der Waals surface area contributed by atoms with Crippen molar-refractivity contribution >= 4 is 0 Å². The molecule has 3 nitrogen and oxygen atoms in total. The molecule has 0 bridgehead atoms. The van der Waals surface area contributed by atoms with Crippen LogP contribution in [0.1, 0.15) is 30.1 Å². The van der Waals surface area contributed by atoms with Gasteiger partial charge in [-0.2, -0.15) is 0 Å². The molecule has 106 valence electrons. The van der Waals surface area contributed by atoms with Crippen molar-refractivity contribution in [1.82, 2.24) is 14.5 Å². The van der Waals surface area contributed by atoms with Crippen LogP contribution in [0.5, 0.6) is 0 Å². The fourth-order valence-corrected chi connectivity index (χ4v) is 2.87. The van der Waals surface area contributed by atoms with E-state index in [0.717, 1.165) is 38.0 Å². The Morgan fingerprint density at radius 2 is 1.90 bits per heavy atom. The first-order valence-electron chi connectivity index (χ1n) is 7.16. The van der Waals surface area contributed by atoms with Gasteiger partial charge in [0, 0.05) is 24.9 Å². The quantitative estimate of drug-likeness (QED) is 0.857. The average molecular weight is 273 g/mol. The highest BCUT2D eigenvalue weighted by Crippen LogP contribution is 2.26. The van der Waals surface area contributed by atoms with Crippen molar-refractivity contribution in [2.24, 2.45) is 0 Å². The van der Waals surface area contributed by atoms with E-state index in [2.05, 4.69) is 21.5 Å².